The summed E-state index contributed by atoms with van der Waals surface area (Å²) in [5.74, 6) is -0.247. The number of allylic oxidation sites excluding steroid dienone is 3. The second-order valence-corrected chi connectivity index (χ2v) is 7.43. The highest BCUT2D eigenvalue weighted by atomic mass is 16.5. The van der Waals surface area contributed by atoms with Crippen molar-refractivity contribution in [2.45, 2.75) is 51.7 Å². The number of hydrogen-bond donors (Lipinski definition) is 2. The Hall–Kier alpha value is -1.65. The first-order chi connectivity index (χ1) is 11.2. The summed E-state index contributed by atoms with van der Waals surface area (Å²) in [5.41, 5.74) is 1.74. The first kappa shape index (κ1) is 18.7. The topological polar surface area (TPSA) is 66.8 Å². The molecule has 24 heavy (non-hydrogen) atoms. The van der Waals surface area contributed by atoms with Crippen molar-refractivity contribution in [1.29, 1.82) is 0 Å². The van der Waals surface area contributed by atoms with E-state index in [1.54, 1.807) is 32.1 Å². The maximum atomic E-state index is 12.3. The standard InChI is InChI=1S/C20H28O4/c1-13-7-8-16-17(6-5-9-20(3,4)23)19(22)24-12-18(16)14(2)11-15(21)10-13/h5-6,9-10,15-16,18,21,23H,2,7-8,11-12H2,1,3-4H3/b9-5+,13-10?,17-6+/t15-,16+,18-/m0/s1. The lowest BCUT2D eigenvalue weighted by atomic mass is 9.76. The average Bonchev–Trinajstić information content (AvgIpc) is 2.49. The van der Waals surface area contributed by atoms with E-state index in [-0.39, 0.29) is 17.8 Å². The van der Waals surface area contributed by atoms with Crippen LogP contribution >= 0.6 is 0 Å². The van der Waals surface area contributed by atoms with Gasteiger partial charge < -0.3 is 14.9 Å². The van der Waals surface area contributed by atoms with Crippen LogP contribution in [0.15, 0.2) is 47.6 Å². The fourth-order valence-corrected chi connectivity index (χ4v) is 3.34. The molecular formula is C20H28O4. The first-order valence-corrected chi connectivity index (χ1v) is 8.49. The van der Waals surface area contributed by atoms with Crippen LogP contribution in [0.2, 0.25) is 0 Å². The lowest BCUT2D eigenvalue weighted by Gasteiger charge is -2.34. The van der Waals surface area contributed by atoms with Gasteiger partial charge in [-0.25, -0.2) is 4.79 Å². The maximum absolute atomic E-state index is 12.3. The maximum Gasteiger partial charge on any atom is 0.334 e. The second-order valence-electron chi connectivity index (χ2n) is 7.43. The summed E-state index contributed by atoms with van der Waals surface area (Å²) in [7, 11) is 0. The third kappa shape index (κ3) is 4.92. The van der Waals surface area contributed by atoms with E-state index in [4.69, 9.17) is 4.74 Å². The molecule has 132 valence electrons. The Morgan fingerprint density at radius 3 is 2.75 bits per heavy atom. The number of carbonyl (C=O) groups excluding carboxylic acids is 1. The molecule has 1 fully saturated rings. The summed E-state index contributed by atoms with van der Waals surface area (Å²) in [4.78, 5) is 12.3. The molecule has 2 N–H and O–H groups in total. The molecule has 0 radical (unpaired) electrons. The van der Waals surface area contributed by atoms with Gasteiger partial charge in [0.2, 0.25) is 0 Å². The van der Waals surface area contributed by atoms with Crippen LogP contribution < -0.4 is 0 Å². The number of cyclic esters (lactones) is 1. The molecule has 0 aromatic rings. The quantitative estimate of drug-likeness (QED) is 0.463. The highest BCUT2D eigenvalue weighted by Gasteiger charge is 2.37. The fraction of sp³-hybridized carbons (Fsp3) is 0.550. The van der Waals surface area contributed by atoms with Crippen LogP contribution in [0.1, 0.15) is 40.0 Å². The Bertz CT molecular complexity index is 589. The summed E-state index contributed by atoms with van der Waals surface area (Å²) < 4.78 is 5.35. The number of esters is 1. The van der Waals surface area contributed by atoms with Gasteiger partial charge in [0.25, 0.3) is 0 Å². The van der Waals surface area contributed by atoms with E-state index in [0.717, 1.165) is 24.0 Å². The molecule has 1 saturated heterocycles. The normalized spacial score (nSPS) is 31.1. The van der Waals surface area contributed by atoms with Crippen molar-refractivity contribution in [3.8, 4) is 0 Å². The predicted molar refractivity (Wildman–Crippen MR) is 94.2 cm³/mol. The third-order valence-electron chi connectivity index (χ3n) is 4.62. The van der Waals surface area contributed by atoms with Gasteiger partial charge in [-0.2, -0.15) is 0 Å². The summed E-state index contributed by atoms with van der Waals surface area (Å²) in [6, 6.07) is 0. The van der Waals surface area contributed by atoms with Gasteiger partial charge in [-0.1, -0.05) is 42.0 Å². The molecule has 1 aliphatic carbocycles. The van der Waals surface area contributed by atoms with Crippen molar-refractivity contribution in [2.24, 2.45) is 11.8 Å². The van der Waals surface area contributed by atoms with Crippen molar-refractivity contribution in [3.63, 3.8) is 0 Å². The number of ether oxygens (including phenoxy) is 1. The Labute approximate surface area is 144 Å². The van der Waals surface area contributed by atoms with Crippen molar-refractivity contribution >= 4 is 5.97 Å². The van der Waals surface area contributed by atoms with Gasteiger partial charge in [0.05, 0.1) is 18.3 Å². The fourth-order valence-electron chi connectivity index (χ4n) is 3.34. The lowest BCUT2D eigenvalue weighted by Crippen LogP contribution is -2.34. The molecule has 0 saturated carbocycles. The monoisotopic (exact) mass is 332 g/mol. The van der Waals surface area contributed by atoms with E-state index < -0.39 is 11.7 Å². The van der Waals surface area contributed by atoms with Crippen LogP contribution in [0.3, 0.4) is 0 Å². The van der Waals surface area contributed by atoms with Gasteiger partial charge in [-0.3, -0.25) is 0 Å². The lowest BCUT2D eigenvalue weighted by molar-refractivity contribution is -0.144. The molecule has 0 amide bonds. The Morgan fingerprint density at radius 2 is 2.08 bits per heavy atom. The van der Waals surface area contributed by atoms with Crippen molar-refractivity contribution in [1.82, 2.24) is 0 Å². The van der Waals surface area contributed by atoms with E-state index in [0.29, 0.717) is 18.6 Å². The first-order valence-electron chi connectivity index (χ1n) is 8.49. The average molecular weight is 332 g/mol. The zero-order chi connectivity index (χ0) is 17.9. The number of aliphatic hydroxyl groups is 2. The van der Waals surface area contributed by atoms with E-state index in [2.05, 4.69) is 6.58 Å². The van der Waals surface area contributed by atoms with E-state index in [1.165, 1.54) is 0 Å². The summed E-state index contributed by atoms with van der Waals surface area (Å²) >= 11 is 0. The third-order valence-corrected chi connectivity index (χ3v) is 4.62. The molecule has 2 rings (SSSR count). The highest BCUT2D eigenvalue weighted by molar-refractivity contribution is 5.90. The zero-order valence-corrected chi connectivity index (χ0v) is 14.8. The van der Waals surface area contributed by atoms with Gasteiger partial charge in [-0.05, 0) is 40.0 Å². The van der Waals surface area contributed by atoms with Crippen molar-refractivity contribution in [3.05, 3.63) is 47.6 Å². The van der Waals surface area contributed by atoms with Crippen LogP contribution in [0.25, 0.3) is 0 Å². The summed E-state index contributed by atoms with van der Waals surface area (Å²) in [5, 5.41) is 19.9. The van der Waals surface area contributed by atoms with Crippen LogP contribution in [-0.4, -0.2) is 34.5 Å². The largest absolute Gasteiger partial charge is 0.462 e. The molecule has 0 spiro atoms. The molecule has 3 atom stereocenters. The summed E-state index contributed by atoms with van der Waals surface area (Å²) in [6.07, 6.45) is 8.59. The predicted octanol–water partition coefficient (Wildman–Crippen LogP) is 3.08. The molecular weight excluding hydrogens is 304 g/mol. The van der Waals surface area contributed by atoms with Gasteiger partial charge in [0, 0.05) is 17.4 Å². The minimum atomic E-state index is -0.930. The second kappa shape index (κ2) is 7.49. The molecule has 0 aromatic carbocycles. The minimum absolute atomic E-state index is 0.0263. The van der Waals surface area contributed by atoms with Crippen LogP contribution in [0.4, 0.5) is 0 Å². The molecule has 0 unspecified atom stereocenters. The zero-order valence-electron chi connectivity index (χ0n) is 14.8. The molecule has 1 heterocycles. The number of carbonyl (C=O) groups is 1. The highest BCUT2D eigenvalue weighted by Crippen LogP contribution is 2.38. The smallest absolute Gasteiger partial charge is 0.334 e. The van der Waals surface area contributed by atoms with Crippen LogP contribution in [0, 0.1) is 11.8 Å². The van der Waals surface area contributed by atoms with Crippen molar-refractivity contribution < 1.29 is 19.7 Å². The number of rotatable bonds is 2. The van der Waals surface area contributed by atoms with E-state index in [1.807, 2.05) is 13.0 Å². The van der Waals surface area contributed by atoms with Gasteiger partial charge in [0.15, 0.2) is 0 Å². The Kier molecular flexibility index (Phi) is 5.83. The van der Waals surface area contributed by atoms with Gasteiger partial charge >= 0.3 is 5.97 Å². The van der Waals surface area contributed by atoms with Gasteiger partial charge in [-0.15, -0.1) is 0 Å². The minimum Gasteiger partial charge on any atom is -0.462 e. The van der Waals surface area contributed by atoms with Crippen molar-refractivity contribution in [2.75, 3.05) is 6.61 Å². The van der Waals surface area contributed by atoms with Crippen LogP contribution in [-0.2, 0) is 9.53 Å². The molecule has 4 heteroatoms. The SMILES string of the molecule is C=C1C[C@@H](O)C=C(C)CC[C@@H]2/C(=C\C=C\C(C)(C)O)C(=O)OC[C@@H]12. The molecule has 1 aliphatic heterocycles. The molecule has 4 nitrogen and oxygen atoms in total. The van der Waals surface area contributed by atoms with E-state index >= 15 is 0 Å². The summed E-state index contributed by atoms with van der Waals surface area (Å²) in [6.45, 7) is 9.82. The number of hydrogen-bond acceptors (Lipinski definition) is 4. The van der Waals surface area contributed by atoms with Crippen LogP contribution in [0.5, 0.6) is 0 Å². The Balaban J connectivity index is 2.32. The Morgan fingerprint density at radius 1 is 1.38 bits per heavy atom. The molecule has 2 aliphatic rings. The molecule has 0 bridgehead atoms. The number of fused-ring (bicyclic) bond motifs is 1. The van der Waals surface area contributed by atoms with Gasteiger partial charge in [0.1, 0.15) is 0 Å². The molecule has 0 aromatic heterocycles. The number of aliphatic hydroxyl groups excluding tert-OH is 1. The van der Waals surface area contributed by atoms with E-state index in [9.17, 15) is 15.0 Å².